The maximum Gasteiger partial charge on any atom is 0.0956 e. The first-order valence-corrected chi connectivity index (χ1v) is 7.18. The Balaban J connectivity index is 2.04. The van der Waals surface area contributed by atoms with Crippen molar-refractivity contribution in [1.82, 2.24) is 0 Å². The molecule has 0 heterocycles. The van der Waals surface area contributed by atoms with Crippen LogP contribution in [-0.4, -0.2) is 5.75 Å². The van der Waals surface area contributed by atoms with Crippen molar-refractivity contribution >= 4 is 29.4 Å². The third-order valence-corrected chi connectivity index (χ3v) is 3.80. The molecule has 0 fully saturated rings. The molecular formula is C16H12ClNS. The van der Waals surface area contributed by atoms with Crippen LogP contribution in [0.3, 0.4) is 0 Å². The van der Waals surface area contributed by atoms with Gasteiger partial charge >= 0.3 is 0 Å². The Morgan fingerprint density at radius 3 is 2.42 bits per heavy atom. The molecule has 3 heteroatoms. The van der Waals surface area contributed by atoms with Crippen molar-refractivity contribution in [3.8, 4) is 6.07 Å². The molecule has 19 heavy (non-hydrogen) atoms. The zero-order chi connectivity index (χ0) is 13.5. The number of halogens is 1. The Bertz CT molecular complexity index is 597. The van der Waals surface area contributed by atoms with Crippen LogP contribution >= 0.6 is 23.4 Å². The SMILES string of the molecule is N#C/C(=C\c1ccc(Cl)cc1)CSc1ccccc1. The van der Waals surface area contributed by atoms with E-state index in [1.54, 1.807) is 11.8 Å². The van der Waals surface area contributed by atoms with Crippen LogP contribution in [0.1, 0.15) is 5.56 Å². The highest BCUT2D eigenvalue weighted by Gasteiger charge is 1.99. The van der Waals surface area contributed by atoms with Crippen molar-refractivity contribution in [2.45, 2.75) is 4.90 Å². The normalized spacial score (nSPS) is 11.1. The monoisotopic (exact) mass is 285 g/mol. The van der Waals surface area contributed by atoms with Crippen molar-refractivity contribution in [1.29, 1.82) is 5.26 Å². The minimum Gasteiger partial charge on any atom is -0.193 e. The summed E-state index contributed by atoms with van der Waals surface area (Å²) in [6.45, 7) is 0. The van der Waals surface area contributed by atoms with Crippen molar-refractivity contribution in [3.05, 3.63) is 70.8 Å². The van der Waals surface area contributed by atoms with Crippen LogP contribution in [-0.2, 0) is 0 Å². The van der Waals surface area contributed by atoms with E-state index < -0.39 is 0 Å². The number of rotatable bonds is 4. The Morgan fingerprint density at radius 2 is 1.79 bits per heavy atom. The van der Waals surface area contributed by atoms with Gasteiger partial charge in [0.15, 0.2) is 0 Å². The summed E-state index contributed by atoms with van der Waals surface area (Å²) < 4.78 is 0. The first-order valence-electron chi connectivity index (χ1n) is 5.82. The fourth-order valence-electron chi connectivity index (χ4n) is 1.54. The molecule has 2 aromatic rings. The van der Waals surface area contributed by atoms with Gasteiger partial charge in [0.25, 0.3) is 0 Å². The van der Waals surface area contributed by atoms with Crippen LogP contribution in [0.5, 0.6) is 0 Å². The second kappa shape index (κ2) is 7.04. The van der Waals surface area contributed by atoms with Crippen molar-refractivity contribution in [2.24, 2.45) is 0 Å². The summed E-state index contributed by atoms with van der Waals surface area (Å²) in [5.74, 6) is 0.670. The molecule has 0 unspecified atom stereocenters. The Labute approximate surface area is 122 Å². The van der Waals surface area contributed by atoms with Crippen LogP contribution in [0.4, 0.5) is 0 Å². The minimum absolute atomic E-state index is 0.670. The predicted octanol–water partition coefficient (Wildman–Crippen LogP) is 5.04. The molecule has 0 saturated heterocycles. The molecule has 0 N–H and O–H groups in total. The smallest absolute Gasteiger partial charge is 0.0956 e. The summed E-state index contributed by atoms with van der Waals surface area (Å²) in [4.78, 5) is 1.17. The first kappa shape index (κ1) is 13.7. The third kappa shape index (κ3) is 4.48. The number of hydrogen-bond donors (Lipinski definition) is 0. The zero-order valence-corrected chi connectivity index (χ0v) is 11.8. The van der Waals surface area contributed by atoms with Gasteiger partial charge in [-0.05, 0) is 35.9 Å². The van der Waals surface area contributed by atoms with Gasteiger partial charge < -0.3 is 0 Å². The van der Waals surface area contributed by atoms with E-state index >= 15 is 0 Å². The summed E-state index contributed by atoms with van der Waals surface area (Å²) in [5, 5.41) is 9.87. The van der Waals surface area contributed by atoms with Gasteiger partial charge in [-0.2, -0.15) is 5.26 Å². The molecule has 0 aliphatic carbocycles. The van der Waals surface area contributed by atoms with Gasteiger partial charge in [0.2, 0.25) is 0 Å². The quantitative estimate of drug-likeness (QED) is 0.580. The average Bonchev–Trinajstić information content (AvgIpc) is 2.46. The highest BCUT2D eigenvalue weighted by molar-refractivity contribution is 7.99. The van der Waals surface area contributed by atoms with Crippen LogP contribution < -0.4 is 0 Å². The van der Waals surface area contributed by atoms with E-state index in [0.717, 1.165) is 11.1 Å². The van der Waals surface area contributed by atoms with E-state index in [-0.39, 0.29) is 0 Å². The summed E-state index contributed by atoms with van der Waals surface area (Å²) in [6, 6.07) is 19.8. The highest BCUT2D eigenvalue weighted by atomic mass is 35.5. The predicted molar refractivity (Wildman–Crippen MR) is 82.2 cm³/mol. The first-order chi connectivity index (χ1) is 9.28. The minimum atomic E-state index is 0.670. The Hall–Kier alpha value is -1.69. The molecule has 0 saturated carbocycles. The summed E-state index contributed by atoms with van der Waals surface area (Å²) in [7, 11) is 0. The van der Waals surface area contributed by atoms with Crippen LogP contribution in [0.2, 0.25) is 5.02 Å². The molecule has 0 radical (unpaired) electrons. The molecule has 2 rings (SSSR count). The standard InChI is InChI=1S/C16H12ClNS/c17-15-8-6-13(7-9-15)10-14(11-18)12-19-16-4-2-1-3-5-16/h1-10H,12H2/b14-10+. The second-order valence-electron chi connectivity index (χ2n) is 3.93. The number of thioether (sulfide) groups is 1. The molecule has 0 bridgehead atoms. The van der Waals surface area contributed by atoms with E-state index in [9.17, 15) is 0 Å². The van der Waals surface area contributed by atoms with E-state index in [0.29, 0.717) is 10.8 Å². The fraction of sp³-hybridized carbons (Fsp3) is 0.0625. The number of benzene rings is 2. The molecule has 0 amide bonds. The molecule has 0 atom stereocenters. The lowest BCUT2D eigenvalue weighted by atomic mass is 10.1. The van der Waals surface area contributed by atoms with Crippen LogP contribution in [0.15, 0.2) is 65.1 Å². The molecule has 0 aromatic heterocycles. The zero-order valence-electron chi connectivity index (χ0n) is 10.2. The van der Waals surface area contributed by atoms with E-state index in [4.69, 9.17) is 16.9 Å². The topological polar surface area (TPSA) is 23.8 Å². The lowest BCUT2D eigenvalue weighted by molar-refractivity contribution is 1.43. The van der Waals surface area contributed by atoms with Gasteiger partial charge in [-0.1, -0.05) is 41.9 Å². The van der Waals surface area contributed by atoms with Crippen molar-refractivity contribution in [3.63, 3.8) is 0 Å². The summed E-state index contributed by atoms with van der Waals surface area (Å²) >= 11 is 7.49. The lowest BCUT2D eigenvalue weighted by Crippen LogP contribution is -1.84. The molecule has 0 aliphatic rings. The van der Waals surface area contributed by atoms with Crippen molar-refractivity contribution < 1.29 is 0 Å². The fourth-order valence-corrected chi connectivity index (χ4v) is 2.49. The second-order valence-corrected chi connectivity index (χ2v) is 5.42. The summed E-state index contributed by atoms with van der Waals surface area (Å²) in [6.07, 6.45) is 1.90. The molecule has 0 aliphatic heterocycles. The summed E-state index contributed by atoms with van der Waals surface area (Å²) in [5.41, 5.74) is 1.74. The van der Waals surface area contributed by atoms with Gasteiger partial charge in [0, 0.05) is 21.2 Å². The van der Waals surface area contributed by atoms with Crippen molar-refractivity contribution in [2.75, 3.05) is 5.75 Å². The Morgan fingerprint density at radius 1 is 1.11 bits per heavy atom. The molecular weight excluding hydrogens is 274 g/mol. The average molecular weight is 286 g/mol. The van der Waals surface area contributed by atoms with E-state index in [1.165, 1.54) is 4.90 Å². The third-order valence-electron chi connectivity index (χ3n) is 2.49. The van der Waals surface area contributed by atoms with Gasteiger partial charge in [-0.25, -0.2) is 0 Å². The van der Waals surface area contributed by atoms with E-state index in [1.807, 2.05) is 60.7 Å². The van der Waals surface area contributed by atoms with Gasteiger partial charge in [0.05, 0.1) is 6.07 Å². The number of hydrogen-bond acceptors (Lipinski definition) is 2. The van der Waals surface area contributed by atoms with E-state index in [2.05, 4.69) is 6.07 Å². The molecule has 1 nitrogen and oxygen atoms in total. The molecule has 94 valence electrons. The lowest BCUT2D eigenvalue weighted by Gasteiger charge is -2.01. The Kier molecular flexibility index (Phi) is 5.09. The van der Waals surface area contributed by atoms with Crippen LogP contribution in [0.25, 0.3) is 6.08 Å². The number of nitrogens with zero attached hydrogens (tertiary/aromatic N) is 1. The number of nitriles is 1. The maximum atomic E-state index is 9.16. The maximum absolute atomic E-state index is 9.16. The highest BCUT2D eigenvalue weighted by Crippen LogP contribution is 2.21. The van der Waals surface area contributed by atoms with Crippen LogP contribution in [0, 0.1) is 11.3 Å². The molecule has 2 aromatic carbocycles. The van der Waals surface area contributed by atoms with Gasteiger partial charge in [0.1, 0.15) is 0 Å². The van der Waals surface area contributed by atoms with Gasteiger partial charge in [-0.3, -0.25) is 0 Å². The molecule has 0 spiro atoms. The van der Waals surface area contributed by atoms with Gasteiger partial charge in [-0.15, -0.1) is 11.8 Å². The largest absolute Gasteiger partial charge is 0.193 e.